The Bertz CT molecular complexity index is 462. The molecule has 0 aliphatic heterocycles. The molecule has 7 heteroatoms. The molecule has 0 aliphatic rings. The number of rotatable bonds is 3. The van der Waals surface area contributed by atoms with Crippen molar-refractivity contribution < 1.29 is 19.1 Å². The Morgan fingerprint density at radius 1 is 1.42 bits per heavy atom. The van der Waals surface area contributed by atoms with Crippen molar-refractivity contribution in [2.24, 2.45) is 0 Å². The Morgan fingerprint density at radius 2 is 2.05 bits per heavy atom. The molecule has 1 heterocycles. The minimum atomic E-state index is -1.02. The van der Waals surface area contributed by atoms with Gasteiger partial charge >= 0.3 is 12.1 Å². The summed E-state index contributed by atoms with van der Waals surface area (Å²) in [6.45, 7) is 6.99. The van der Waals surface area contributed by atoms with E-state index in [2.05, 4.69) is 20.0 Å². The molecule has 2 N–H and O–H groups in total. The van der Waals surface area contributed by atoms with Crippen molar-refractivity contribution in [2.75, 3.05) is 7.11 Å². The number of nitrogens with one attached hydrogen (secondary N) is 2. The minimum absolute atomic E-state index is 0.301. The first-order chi connectivity index (χ1) is 8.73. The average molecular weight is 269 g/mol. The van der Waals surface area contributed by atoms with Crippen LogP contribution in [0.2, 0.25) is 0 Å². The van der Waals surface area contributed by atoms with Crippen molar-refractivity contribution in [3.05, 3.63) is 17.7 Å². The van der Waals surface area contributed by atoms with Gasteiger partial charge in [-0.1, -0.05) is 0 Å². The van der Waals surface area contributed by atoms with Crippen LogP contribution in [0.3, 0.4) is 0 Å². The van der Waals surface area contributed by atoms with Crippen LogP contribution >= 0.6 is 0 Å². The SMILES string of the molecule is COC(=O)[C@@H](NC(=O)OC(C)(C)C)c1ncc(C)[nH]1. The predicted molar refractivity (Wildman–Crippen MR) is 67.5 cm³/mol. The fourth-order valence-corrected chi connectivity index (χ4v) is 1.36. The molecule has 0 saturated carbocycles. The summed E-state index contributed by atoms with van der Waals surface area (Å²) in [6.07, 6.45) is 0.846. The van der Waals surface area contributed by atoms with Gasteiger partial charge < -0.3 is 19.8 Å². The summed E-state index contributed by atoms with van der Waals surface area (Å²) in [5.74, 6) is -0.324. The monoisotopic (exact) mass is 269 g/mol. The number of aromatic amines is 1. The van der Waals surface area contributed by atoms with Crippen molar-refractivity contribution in [3.63, 3.8) is 0 Å². The maximum absolute atomic E-state index is 11.7. The summed E-state index contributed by atoms with van der Waals surface area (Å²) in [4.78, 5) is 30.2. The van der Waals surface area contributed by atoms with Crippen LogP contribution in [0.1, 0.15) is 38.3 Å². The molecule has 0 aromatic carbocycles. The fourth-order valence-electron chi connectivity index (χ4n) is 1.36. The highest BCUT2D eigenvalue weighted by Gasteiger charge is 2.28. The van der Waals surface area contributed by atoms with Crippen LogP contribution in [-0.4, -0.2) is 34.7 Å². The molecule has 0 fully saturated rings. The lowest BCUT2D eigenvalue weighted by Gasteiger charge is -2.21. The lowest BCUT2D eigenvalue weighted by atomic mass is 10.2. The molecule has 0 radical (unpaired) electrons. The van der Waals surface area contributed by atoms with Gasteiger partial charge in [0.1, 0.15) is 11.4 Å². The molecular weight excluding hydrogens is 250 g/mol. The standard InChI is InChI=1S/C12H19N3O4/c1-7-6-13-9(14-7)8(10(16)18-5)15-11(17)19-12(2,3)4/h6,8H,1-5H3,(H,13,14)(H,15,17)/t8-/m0/s1. The Morgan fingerprint density at radius 3 is 2.47 bits per heavy atom. The van der Waals surface area contributed by atoms with E-state index in [-0.39, 0.29) is 0 Å². The molecule has 0 bridgehead atoms. The average Bonchev–Trinajstić information content (AvgIpc) is 2.69. The highest BCUT2D eigenvalue weighted by atomic mass is 16.6. The number of carbonyl (C=O) groups excluding carboxylic acids is 2. The minimum Gasteiger partial charge on any atom is -0.467 e. The van der Waals surface area contributed by atoms with Crippen LogP contribution in [0.5, 0.6) is 0 Å². The molecule has 1 aromatic heterocycles. The Hall–Kier alpha value is -2.05. The lowest BCUT2D eigenvalue weighted by Crippen LogP contribution is -2.39. The Balaban J connectivity index is 2.82. The summed E-state index contributed by atoms with van der Waals surface area (Å²) in [6, 6.07) is -1.02. The second kappa shape index (κ2) is 5.73. The van der Waals surface area contributed by atoms with Gasteiger partial charge in [-0.2, -0.15) is 0 Å². The first-order valence-corrected chi connectivity index (χ1v) is 5.82. The number of H-pyrrole nitrogens is 1. The third kappa shape index (κ3) is 4.61. The van der Waals surface area contributed by atoms with Crippen LogP contribution in [0.25, 0.3) is 0 Å². The molecule has 0 saturated heterocycles. The van der Waals surface area contributed by atoms with Gasteiger partial charge in [-0.15, -0.1) is 0 Å². The molecule has 1 aromatic rings. The molecule has 1 rings (SSSR count). The van der Waals surface area contributed by atoms with E-state index in [1.165, 1.54) is 7.11 Å². The summed E-state index contributed by atoms with van der Waals surface area (Å²) < 4.78 is 9.73. The van der Waals surface area contributed by atoms with Crippen molar-refractivity contribution in [2.45, 2.75) is 39.3 Å². The van der Waals surface area contributed by atoms with Crippen LogP contribution in [-0.2, 0) is 14.3 Å². The van der Waals surface area contributed by atoms with Crippen molar-refractivity contribution in [1.29, 1.82) is 0 Å². The van der Waals surface area contributed by atoms with Crippen molar-refractivity contribution in [3.8, 4) is 0 Å². The van der Waals surface area contributed by atoms with E-state index in [9.17, 15) is 9.59 Å². The molecule has 0 spiro atoms. The van der Waals surface area contributed by atoms with E-state index in [0.717, 1.165) is 5.69 Å². The first kappa shape index (κ1) is 15.0. The smallest absolute Gasteiger partial charge is 0.408 e. The number of amides is 1. The van der Waals surface area contributed by atoms with Crippen LogP contribution < -0.4 is 5.32 Å². The van der Waals surface area contributed by atoms with Gasteiger partial charge in [0.2, 0.25) is 0 Å². The highest BCUT2D eigenvalue weighted by molar-refractivity contribution is 5.81. The number of imidazole rings is 1. The van der Waals surface area contributed by atoms with E-state index in [4.69, 9.17) is 4.74 Å². The Kier molecular flexibility index (Phi) is 4.52. The molecule has 1 amide bonds. The van der Waals surface area contributed by atoms with E-state index < -0.39 is 23.7 Å². The van der Waals surface area contributed by atoms with E-state index >= 15 is 0 Å². The van der Waals surface area contributed by atoms with E-state index in [1.807, 2.05) is 0 Å². The number of alkyl carbamates (subject to hydrolysis) is 1. The van der Waals surface area contributed by atoms with Gasteiger partial charge in [-0.3, -0.25) is 0 Å². The summed E-state index contributed by atoms with van der Waals surface area (Å²) in [7, 11) is 1.24. The molecule has 0 unspecified atom stereocenters. The van der Waals surface area contributed by atoms with Crippen LogP contribution in [0, 0.1) is 6.92 Å². The van der Waals surface area contributed by atoms with Gasteiger partial charge in [0.25, 0.3) is 0 Å². The predicted octanol–water partition coefficient (Wildman–Crippen LogP) is 1.46. The van der Waals surface area contributed by atoms with Gasteiger partial charge in [0.05, 0.1) is 7.11 Å². The fraction of sp³-hybridized carbons (Fsp3) is 0.583. The molecular formula is C12H19N3O4. The number of esters is 1. The van der Waals surface area contributed by atoms with E-state index in [0.29, 0.717) is 5.82 Å². The Labute approximate surface area is 111 Å². The number of carbonyl (C=O) groups is 2. The largest absolute Gasteiger partial charge is 0.467 e. The van der Waals surface area contributed by atoms with Gasteiger partial charge in [0.15, 0.2) is 6.04 Å². The second-order valence-corrected chi connectivity index (χ2v) is 5.05. The number of ether oxygens (including phenoxy) is 2. The van der Waals surface area contributed by atoms with Gasteiger partial charge in [-0.25, -0.2) is 14.6 Å². The molecule has 7 nitrogen and oxygen atoms in total. The number of aromatic nitrogens is 2. The van der Waals surface area contributed by atoms with Gasteiger partial charge in [0, 0.05) is 11.9 Å². The summed E-state index contributed by atoms with van der Waals surface area (Å²) in [5, 5.41) is 2.42. The molecule has 19 heavy (non-hydrogen) atoms. The number of hydrogen-bond donors (Lipinski definition) is 2. The summed E-state index contributed by atoms with van der Waals surface area (Å²) in [5.41, 5.74) is 0.124. The molecule has 0 aliphatic carbocycles. The van der Waals surface area contributed by atoms with Gasteiger partial charge in [-0.05, 0) is 27.7 Å². The van der Waals surface area contributed by atoms with Crippen molar-refractivity contribution in [1.82, 2.24) is 15.3 Å². The lowest BCUT2D eigenvalue weighted by molar-refractivity contribution is -0.143. The normalized spacial score (nSPS) is 12.7. The quantitative estimate of drug-likeness (QED) is 0.810. The number of aryl methyl sites for hydroxylation is 1. The third-order valence-corrected chi connectivity index (χ3v) is 2.09. The van der Waals surface area contributed by atoms with Crippen molar-refractivity contribution >= 4 is 12.1 Å². The maximum atomic E-state index is 11.7. The number of hydrogen-bond acceptors (Lipinski definition) is 5. The third-order valence-electron chi connectivity index (χ3n) is 2.09. The highest BCUT2D eigenvalue weighted by Crippen LogP contribution is 2.13. The zero-order valence-corrected chi connectivity index (χ0v) is 11.7. The number of methoxy groups -OCH3 is 1. The number of nitrogens with zero attached hydrogens (tertiary/aromatic N) is 1. The van der Waals surface area contributed by atoms with Crippen LogP contribution in [0.4, 0.5) is 4.79 Å². The summed E-state index contributed by atoms with van der Waals surface area (Å²) >= 11 is 0. The maximum Gasteiger partial charge on any atom is 0.408 e. The molecule has 106 valence electrons. The zero-order chi connectivity index (χ0) is 14.6. The first-order valence-electron chi connectivity index (χ1n) is 5.82. The topological polar surface area (TPSA) is 93.3 Å². The van der Waals surface area contributed by atoms with E-state index in [1.54, 1.807) is 33.9 Å². The molecule has 1 atom stereocenters. The zero-order valence-electron chi connectivity index (χ0n) is 11.7. The second-order valence-electron chi connectivity index (χ2n) is 5.05. The van der Waals surface area contributed by atoms with Crippen LogP contribution in [0.15, 0.2) is 6.20 Å².